The molecule has 0 aromatic rings. The van der Waals surface area contributed by atoms with Crippen LogP contribution in [0, 0.1) is 0 Å². The third-order valence-electron chi connectivity index (χ3n) is 2.85. The van der Waals surface area contributed by atoms with E-state index >= 15 is 0 Å². The molecule has 0 spiro atoms. The van der Waals surface area contributed by atoms with Gasteiger partial charge >= 0.3 is 6.03 Å². The van der Waals surface area contributed by atoms with E-state index in [2.05, 4.69) is 17.6 Å². The third kappa shape index (κ3) is 8.14. The number of Topliss-reactive ketones (excluding diaryl/α,β-unsaturated/α-hetero) is 1. The molecule has 2 atom stereocenters. The first kappa shape index (κ1) is 18.3. The summed E-state index contributed by atoms with van der Waals surface area (Å²) in [5, 5.41) is 5.69. The Bertz CT molecular complexity index is 258. The van der Waals surface area contributed by atoms with Gasteiger partial charge in [0.15, 0.2) is 0 Å². The van der Waals surface area contributed by atoms with Crippen LogP contribution in [-0.2, 0) is 4.79 Å². The second-order valence-corrected chi connectivity index (χ2v) is 5.60. The quantitative estimate of drug-likeness (QED) is 0.617. The van der Waals surface area contributed by atoms with Gasteiger partial charge in [-0.1, -0.05) is 33.6 Å². The standard InChI is InChI=1S/C7H14O.C5H8N2OS.C2H6/c1-3-4-5-6-7(2)8;8-5-6-3-1-9-2-4(3)7-5;1-2/h3-6H2,1-2H3;3-4H,1-2H2,(H2,6,7,8);1-2H3/t;3-,4+;. The van der Waals surface area contributed by atoms with Crippen LogP contribution < -0.4 is 10.6 Å². The van der Waals surface area contributed by atoms with Crippen LogP contribution >= 0.6 is 11.8 Å². The molecule has 2 saturated heterocycles. The molecule has 4 nitrogen and oxygen atoms in total. The number of urea groups is 1. The van der Waals surface area contributed by atoms with E-state index in [1.807, 2.05) is 25.6 Å². The van der Waals surface area contributed by atoms with E-state index in [1.165, 1.54) is 12.8 Å². The van der Waals surface area contributed by atoms with E-state index in [-0.39, 0.29) is 6.03 Å². The highest BCUT2D eigenvalue weighted by molar-refractivity contribution is 7.99. The van der Waals surface area contributed by atoms with Crippen molar-refractivity contribution in [1.29, 1.82) is 0 Å². The summed E-state index contributed by atoms with van der Waals surface area (Å²) in [5.74, 6) is 2.46. The average Bonchev–Trinajstić information content (AvgIpc) is 2.92. The zero-order valence-corrected chi connectivity index (χ0v) is 13.4. The van der Waals surface area contributed by atoms with E-state index < -0.39 is 0 Å². The van der Waals surface area contributed by atoms with Crippen molar-refractivity contribution in [3.8, 4) is 0 Å². The number of fused-ring (bicyclic) bond motifs is 1. The Balaban J connectivity index is 0.000000305. The van der Waals surface area contributed by atoms with Crippen LogP contribution in [0.25, 0.3) is 0 Å². The maximum atomic E-state index is 10.6. The number of rotatable bonds is 4. The van der Waals surface area contributed by atoms with Gasteiger partial charge in [-0.15, -0.1) is 0 Å². The largest absolute Gasteiger partial charge is 0.332 e. The highest BCUT2D eigenvalue weighted by Gasteiger charge is 2.35. The van der Waals surface area contributed by atoms with Crippen molar-refractivity contribution in [2.45, 2.75) is 65.5 Å². The smallest absolute Gasteiger partial charge is 0.315 e. The zero-order chi connectivity index (χ0) is 14.7. The Kier molecular flexibility index (Phi) is 10.7. The molecule has 0 aromatic carbocycles. The molecule has 0 aromatic heterocycles. The number of carbonyl (C=O) groups excluding carboxylic acids is 2. The van der Waals surface area contributed by atoms with Gasteiger partial charge in [0.1, 0.15) is 5.78 Å². The maximum Gasteiger partial charge on any atom is 0.315 e. The fraction of sp³-hybridized carbons (Fsp3) is 0.857. The molecule has 0 radical (unpaired) electrons. The molecule has 2 aliphatic rings. The van der Waals surface area contributed by atoms with Crippen molar-refractivity contribution in [2.24, 2.45) is 0 Å². The Morgan fingerprint density at radius 2 is 1.74 bits per heavy atom. The van der Waals surface area contributed by atoms with E-state index in [1.54, 1.807) is 6.92 Å². The molecule has 0 aliphatic carbocycles. The van der Waals surface area contributed by atoms with Crippen molar-refractivity contribution in [1.82, 2.24) is 10.6 Å². The fourth-order valence-corrected chi connectivity index (χ4v) is 3.12. The summed E-state index contributed by atoms with van der Waals surface area (Å²) in [6.45, 7) is 7.79. The molecule has 0 unspecified atom stereocenters. The van der Waals surface area contributed by atoms with Crippen molar-refractivity contribution in [3.05, 3.63) is 0 Å². The van der Waals surface area contributed by atoms with Crippen LogP contribution in [0.1, 0.15) is 53.4 Å². The van der Waals surface area contributed by atoms with E-state index in [9.17, 15) is 9.59 Å². The normalized spacial score (nSPS) is 23.1. The third-order valence-corrected chi connectivity index (χ3v) is 4.04. The minimum absolute atomic E-state index is 0.00491. The van der Waals surface area contributed by atoms with Gasteiger partial charge in [0, 0.05) is 17.9 Å². The topological polar surface area (TPSA) is 58.2 Å². The van der Waals surface area contributed by atoms with Crippen LogP contribution in [0.3, 0.4) is 0 Å². The second kappa shape index (κ2) is 11.1. The lowest BCUT2D eigenvalue weighted by atomic mass is 10.2. The Morgan fingerprint density at radius 3 is 2.16 bits per heavy atom. The summed E-state index contributed by atoms with van der Waals surface area (Å²) >= 11 is 1.89. The highest BCUT2D eigenvalue weighted by Crippen LogP contribution is 2.20. The van der Waals surface area contributed by atoms with Crippen molar-refractivity contribution in [2.75, 3.05) is 11.5 Å². The molecular formula is C14H28N2O2S. The number of unbranched alkanes of at least 4 members (excludes halogenated alkanes) is 2. The van der Waals surface area contributed by atoms with Gasteiger partial charge in [0.25, 0.3) is 0 Å². The van der Waals surface area contributed by atoms with Gasteiger partial charge in [-0.05, 0) is 13.3 Å². The average molecular weight is 288 g/mol. The summed E-state index contributed by atoms with van der Waals surface area (Å²) in [7, 11) is 0. The van der Waals surface area contributed by atoms with Crippen LogP contribution in [0.4, 0.5) is 4.79 Å². The number of nitrogens with one attached hydrogen (secondary N) is 2. The molecule has 2 N–H and O–H groups in total. The highest BCUT2D eigenvalue weighted by atomic mass is 32.2. The number of ketones is 1. The second-order valence-electron chi connectivity index (χ2n) is 4.53. The first-order valence-electron chi connectivity index (χ1n) is 7.27. The molecule has 2 heterocycles. The maximum absolute atomic E-state index is 10.6. The molecule has 5 heteroatoms. The van der Waals surface area contributed by atoms with E-state index in [0.29, 0.717) is 17.9 Å². The van der Waals surface area contributed by atoms with E-state index in [0.717, 1.165) is 24.3 Å². The molecule has 0 bridgehead atoms. The first-order valence-corrected chi connectivity index (χ1v) is 8.43. The molecular weight excluding hydrogens is 260 g/mol. The first-order chi connectivity index (χ1) is 9.13. The van der Waals surface area contributed by atoms with E-state index in [4.69, 9.17) is 0 Å². The van der Waals surface area contributed by atoms with Crippen LogP contribution in [0.2, 0.25) is 0 Å². The Hall–Kier alpha value is -0.710. The lowest BCUT2D eigenvalue weighted by Gasteiger charge is -2.02. The monoisotopic (exact) mass is 288 g/mol. The van der Waals surface area contributed by atoms with Gasteiger partial charge in [-0.3, -0.25) is 0 Å². The van der Waals surface area contributed by atoms with Gasteiger partial charge < -0.3 is 15.4 Å². The molecule has 2 fully saturated rings. The number of thioether (sulfide) groups is 1. The SMILES string of the molecule is CC.CCCCCC(C)=O.O=C1N[C@H]2CSC[C@H]2N1. The summed E-state index contributed by atoms with van der Waals surface area (Å²) in [5.41, 5.74) is 0. The number of hydrogen-bond acceptors (Lipinski definition) is 3. The number of carbonyl (C=O) groups is 2. The lowest BCUT2D eigenvalue weighted by Crippen LogP contribution is -2.31. The summed E-state index contributed by atoms with van der Waals surface area (Å²) in [4.78, 5) is 20.9. The zero-order valence-electron chi connectivity index (χ0n) is 12.6. The number of amides is 2. The Labute approximate surface area is 121 Å². The molecule has 0 saturated carbocycles. The Morgan fingerprint density at radius 1 is 1.21 bits per heavy atom. The molecule has 2 rings (SSSR count). The van der Waals surface area contributed by atoms with Gasteiger partial charge in [0.05, 0.1) is 12.1 Å². The summed E-state index contributed by atoms with van der Waals surface area (Å²) < 4.78 is 0. The van der Waals surface area contributed by atoms with Crippen LogP contribution in [0.5, 0.6) is 0 Å². The van der Waals surface area contributed by atoms with Crippen molar-refractivity contribution < 1.29 is 9.59 Å². The molecule has 2 amide bonds. The minimum atomic E-state index is 0.00491. The van der Waals surface area contributed by atoms with Crippen LogP contribution in [-0.4, -0.2) is 35.4 Å². The molecule has 19 heavy (non-hydrogen) atoms. The fourth-order valence-electron chi connectivity index (χ4n) is 1.84. The predicted octanol–water partition coefficient (Wildman–Crippen LogP) is 2.97. The predicted molar refractivity (Wildman–Crippen MR) is 82.7 cm³/mol. The summed E-state index contributed by atoms with van der Waals surface area (Å²) in [6.07, 6.45) is 4.24. The lowest BCUT2D eigenvalue weighted by molar-refractivity contribution is -0.117. The molecule has 2 aliphatic heterocycles. The summed E-state index contributed by atoms with van der Waals surface area (Å²) in [6, 6.07) is 0.815. The van der Waals surface area contributed by atoms with Gasteiger partial charge in [0.2, 0.25) is 0 Å². The van der Waals surface area contributed by atoms with Gasteiger partial charge in [-0.25, -0.2) is 4.79 Å². The number of hydrogen-bond donors (Lipinski definition) is 2. The molecule has 112 valence electrons. The van der Waals surface area contributed by atoms with Crippen molar-refractivity contribution >= 4 is 23.6 Å². The minimum Gasteiger partial charge on any atom is -0.332 e. The van der Waals surface area contributed by atoms with Crippen molar-refractivity contribution in [3.63, 3.8) is 0 Å². The van der Waals surface area contributed by atoms with Gasteiger partial charge in [-0.2, -0.15) is 11.8 Å². The van der Waals surface area contributed by atoms with Crippen LogP contribution in [0.15, 0.2) is 0 Å².